The van der Waals surface area contributed by atoms with E-state index in [2.05, 4.69) is 35.1 Å². The van der Waals surface area contributed by atoms with Crippen LogP contribution in [-0.4, -0.2) is 35.6 Å². The quantitative estimate of drug-likeness (QED) is 0.840. The third kappa shape index (κ3) is 2.60. The second-order valence-corrected chi connectivity index (χ2v) is 4.52. The van der Waals surface area contributed by atoms with Gasteiger partial charge >= 0.3 is 0 Å². The van der Waals surface area contributed by atoms with Crippen LogP contribution in [0.2, 0.25) is 0 Å². The Morgan fingerprint density at radius 2 is 2.50 bits per heavy atom. The minimum absolute atomic E-state index is 0.477. The summed E-state index contributed by atoms with van der Waals surface area (Å²) in [4.78, 5) is 6.74. The lowest BCUT2D eigenvalue weighted by Gasteiger charge is -2.37. The van der Waals surface area contributed by atoms with E-state index in [1.165, 1.54) is 12.0 Å². The molecule has 1 aromatic rings. The van der Waals surface area contributed by atoms with Gasteiger partial charge in [-0.2, -0.15) is 0 Å². The largest absolute Gasteiger partial charge is 0.311 e. The summed E-state index contributed by atoms with van der Waals surface area (Å²) in [5.74, 6) is 0. The maximum Gasteiger partial charge on any atom is 0.0336 e. The number of piperazine rings is 1. The number of hydrogen-bond acceptors (Lipinski definition) is 3. The van der Waals surface area contributed by atoms with E-state index in [-0.39, 0.29) is 0 Å². The van der Waals surface area contributed by atoms with E-state index in [1.807, 2.05) is 18.5 Å². The summed E-state index contributed by atoms with van der Waals surface area (Å²) >= 11 is 0. The van der Waals surface area contributed by atoms with Gasteiger partial charge < -0.3 is 5.32 Å². The molecule has 1 aliphatic rings. The molecule has 1 aliphatic heterocycles. The van der Waals surface area contributed by atoms with Gasteiger partial charge in [0, 0.05) is 44.1 Å². The van der Waals surface area contributed by atoms with Crippen LogP contribution in [0.5, 0.6) is 0 Å². The molecule has 2 rings (SSSR count). The predicted octanol–water partition coefficient (Wildman–Crippen LogP) is 1.83. The predicted molar refractivity (Wildman–Crippen MR) is 66.3 cm³/mol. The number of rotatable bonds is 3. The molecule has 1 fully saturated rings. The van der Waals surface area contributed by atoms with Crippen LogP contribution in [0.1, 0.15) is 31.9 Å². The summed E-state index contributed by atoms with van der Waals surface area (Å²) in [6.45, 7) is 7.90. The van der Waals surface area contributed by atoms with Crippen molar-refractivity contribution in [3.63, 3.8) is 0 Å². The molecule has 1 aromatic heterocycles. The van der Waals surface area contributed by atoms with E-state index in [1.54, 1.807) is 0 Å². The summed E-state index contributed by atoms with van der Waals surface area (Å²) in [6.07, 6.45) is 5.02. The molecule has 0 aromatic carbocycles. The zero-order valence-corrected chi connectivity index (χ0v) is 10.2. The molecule has 0 bridgehead atoms. The van der Waals surface area contributed by atoms with Crippen LogP contribution in [-0.2, 0) is 0 Å². The molecule has 88 valence electrons. The first kappa shape index (κ1) is 11.6. The molecule has 3 nitrogen and oxygen atoms in total. The summed E-state index contributed by atoms with van der Waals surface area (Å²) in [5.41, 5.74) is 1.32. The first-order valence-corrected chi connectivity index (χ1v) is 6.18. The molecular formula is C13H21N3. The lowest BCUT2D eigenvalue weighted by Crippen LogP contribution is -2.50. The van der Waals surface area contributed by atoms with Gasteiger partial charge in [-0.25, -0.2) is 0 Å². The SMILES string of the molecule is CCC1CN(C(C)c2cccnc2)CCN1. The Balaban J connectivity index is 2.01. The minimum Gasteiger partial charge on any atom is -0.311 e. The van der Waals surface area contributed by atoms with Gasteiger partial charge in [0.15, 0.2) is 0 Å². The lowest BCUT2D eigenvalue weighted by molar-refractivity contribution is 0.151. The number of nitrogens with one attached hydrogen (secondary N) is 1. The van der Waals surface area contributed by atoms with Crippen molar-refractivity contribution in [1.82, 2.24) is 15.2 Å². The van der Waals surface area contributed by atoms with Crippen LogP contribution < -0.4 is 5.32 Å². The number of hydrogen-bond donors (Lipinski definition) is 1. The van der Waals surface area contributed by atoms with Crippen LogP contribution in [0.3, 0.4) is 0 Å². The number of pyridine rings is 1. The Morgan fingerprint density at radius 3 is 3.19 bits per heavy atom. The Morgan fingerprint density at radius 1 is 1.62 bits per heavy atom. The summed E-state index contributed by atoms with van der Waals surface area (Å²) in [5, 5.41) is 3.55. The molecule has 16 heavy (non-hydrogen) atoms. The zero-order valence-electron chi connectivity index (χ0n) is 10.2. The minimum atomic E-state index is 0.477. The van der Waals surface area contributed by atoms with E-state index in [4.69, 9.17) is 0 Å². The van der Waals surface area contributed by atoms with Crippen LogP contribution in [0.15, 0.2) is 24.5 Å². The smallest absolute Gasteiger partial charge is 0.0336 e. The average Bonchev–Trinajstić information content (AvgIpc) is 2.39. The van der Waals surface area contributed by atoms with Gasteiger partial charge in [0.25, 0.3) is 0 Å². The van der Waals surface area contributed by atoms with Crippen LogP contribution in [0, 0.1) is 0 Å². The fraction of sp³-hybridized carbons (Fsp3) is 0.615. The molecule has 3 heteroatoms. The monoisotopic (exact) mass is 219 g/mol. The number of aromatic nitrogens is 1. The standard InChI is InChI=1S/C13H21N3/c1-3-13-10-16(8-7-15-13)11(2)12-5-4-6-14-9-12/h4-6,9,11,13,15H,3,7-8,10H2,1-2H3. The van der Waals surface area contributed by atoms with Crippen molar-refractivity contribution < 1.29 is 0 Å². The van der Waals surface area contributed by atoms with Gasteiger partial charge in [-0.15, -0.1) is 0 Å². The molecule has 0 aliphatic carbocycles. The summed E-state index contributed by atoms with van der Waals surface area (Å²) < 4.78 is 0. The van der Waals surface area contributed by atoms with E-state index in [0.717, 1.165) is 19.6 Å². The third-order valence-electron chi connectivity index (χ3n) is 3.49. The topological polar surface area (TPSA) is 28.2 Å². The van der Waals surface area contributed by atoms with Crippen LogP contribution in [0.4, 0.5) is 0 Å². The molecule has 1 N–H and O–H groups in total. The molecule has 2 heterocycles. The molecule has 0 saturated carbocycles. The van der Waals surface area contributed by atoms with Gasteiger partial charge in [-0.3, -0.25) is 9.88 Å². The first-order chi connectivity index (χ1) is 7.81. The van der Waals surface area contributed by atoms with Crippen LogP contribution >= 0.6 is 0 Å². The van der Waals surface area contributed by atoms with E-state index < -0.39 is 0 Å². The van der Waals surface area contributed by atoms with Crippen molar-refractivity contribution in [2.24, 2.45) is 0 Å². The van der Waals surface area contributed by atoms with Crippen molar-refractivity contribution >= 4 is 0 Å². The highest BCUT2D eigenvalue weighted by molar-refractivity contribution is 5.13. The second-order valence-electron chi connectivity index (χ2n) is 4.52. The molecular weight excluding hydrogens is 198 g/mol. The second kappa shape index (κ2) is 5.41. The highest BCUT2D eigenvalue weighted by Gasteiger charge is 2.22. The van der Waals surface area contributed by atoms with Gasteiger partial charge in [-0.1, -0.05) is 13.0 Å². The van der Waals surface area contributed by atoms with Gasteiger partial charge in [-0.05, 0) is 25.0 Å². The molecule has 0 amide bonds. The van der Waals surface area contributed by atoms with Crippen molar-refractivity contribution in [3.05, 3.63) is 30.1 Å². The van der Waals surface area contributed by atoms with E-state index in [0.29, 0.717) is 12.1 Å². The Bertz CT molecular complexity index is 312. The fourth-order valence-corrected chi connectivity index (χ4v) is 2.31. The Labute approximate surface area is 97.9 Å². The maximum atomic E-state index is 4.20. The highest BCUT2D eigenvalue weighted by atomic mass is 15.2. The molecule has 0 spiro atoms. The molecule has 1 saturated heterocycles. The van der Waals surface area contributed by atoms with Gasteiger partial charge in [0.05, 0.1) is 0 Å². The average molecular weight is 219 g/mol. The zero-order chi connectivity index (χ0) is 11.4. The van der Waals surface area contributed by atoms with Crippen molar-refractivity contribution in [2.45, 2.75) is 32.4 Å². The lowest BCUT2D eigenvalue weighted by atomic mass is 10.1. The first-order valence-electron chi connectivity index (χ1n) is 6.18. The summed E-state index contributed by atoms with van der Waals surface area (Å²) in [6, 6.07) is 5.31. The molecule has 0 radical (unpaired) electrons. The van der Waals surface area contributed by atoms with Gasteiger partial charge in [0.1, 0.15) is 0 Å². The normalized spacial score (nSPS) is 24.2. The third-order valence-corrected chi connectivity index (χ3v) is 3.49. The highest BCUT2D eigenvalue weighted by Crippen LogP contribution is 2.20. The van der Waals surface area contributed by atoms with Crippen molar-refractivity contribution in [2.75, 3.05) is 19.6 Å². The fourth-order valence-electron chi connectivity index (χ4n) is 2.31. The van der Waals surface area contributed by atoms with Crippen molar-refractivity contribution in [1.29, 1.82) is 0 Å². The maximum absolute atomic E-state index is 4.20. The summed E-state index contributed by atoms with van der Waals surface area (Å²) in [7, 11) is 0. The molecule has 2 atom stereocenters. The Kier molecular flexibility index (Phi) is 3.91. The molecule has 2 unspecified atom stereocenters. The van der Waals surface area contributed by atoms with Gasteiger partial charge in [0.2, 0.25) is 0 Å². The van der Waals surface area contributed by atoms with Crippen molar-refractivity contribution in [3.8, 4) is 0 Å². The van der Waals surface area contributed by atoms with E-state index >= 15 is 0 Å². The van der Waals surface area contributed by atoms with E-state index in [9.17, 15) is 0 Å². The van der Waals surface area contributed by atoms with Crippen LogP contribution in [0.25, 0.3) is 0 Å². The Hall–Kier alpha value is -0.930. The number of nitrogens with zero attached hydrogens (tertiary/aromatic N) is 2.